The Bertz CT molecular complexity index is 278. The predicted molar refractivity (Wildman–Crippen MR) is 68.1 cm³/mol. The van der Waals surface area contributed by atoms with Crippen LogP contribution in [0.15, 0.2) is 23.9 Å². The van der Waals surface area contributed by atoms with E-state index in [1.165, 1.54) is 11.6 Å². The zero-order chi connectivity index (χ0) is 11.2. The molecule has 0 bridgehead atoms. The molecule has 0 spiro atoms. The van der Waals surface area contributed by atoms with Gasteiger partial charge in [-0.25, -0.2) is 0 Å². The Kier molecular flexibility index (Phi) is 2.60. The van der Waals surface area contributed by atoms with Crippen LogP contribution >= 0.6 is 0 Å². The lowest BCUT2D eigenvalue weighted by Gasteiger charge is -2.44. The maximum atomic E-state index is 4.40. The van der Waals surface area contributed by atoms with E-state index in [2.05, 4.69) is 59.1 Å². The molecule has 1 atom stereocenters. The molecule has 80 valence electrons. The Labute approximate surface area is 90.1 Å². The second-order valence-electron chi connectivity index (χ2n) is 6.39. The normalized spacial score (nSPS) is 30.7. The minimum Gasteiger partial charge on any atom is -0.103 e. The lowest BCUT2D eigenvalue weighted by molar-refractivity contribution is 0.223. The van der Waals surface area contributed by atoms with Gasteiger partial charge in [0.25, 0.3) is 0 Å². The molecule has 0 saturated carbocycles. The molecule has 0 amide bonds. The van der Waals surface area contributed by atoms with Crippen molar-refractivity contribution < 1.29 is 0 Å². The van der Waals surface area contributed by atoms with Crippen LogP contribution in [0.1, 0.15) is 27.2 Å². The van der Waals surface area contributed by atoms with Crippen molar-refractivity contribution in [3.63, 3.8) is 0 Å². The Morgan fingerprint density at radius 3 is 2.00 bits per heavy atom. The van der Waals surface area contributed by atoms with E-state index in [4.69, 9.17) is 0 Å². The average Bonchev–Trinajstić information content (AvgIpc) is 2.24. The molecule has 0 heterocycles. The molecule has 0 unspecified atom stereocenters. The van der Waals surface area contributed by atoms with E-state index in [9.17, 15) is 0 Å². The average molecular weight is 208 g/mol. The van der Waals surface area contributed by atoms with Crippen molar-refractivity contribution in [2.45, 2.75) is 46.8 Å². The Balaban J connectivity index is 3.05. The zero-order valence-corrected chi connectivity index (χ0v) is 11.6. The van der Waals surface area contributed by atoms with Crippen molar-refractivity contribution in [3.05, 3.63) is 23.9 Å². The van der Waals surface area contributed by atoms with Crippen LogP contribution in [0.25, 0.3) is 0 Å². The van der Waals surface area contributed by atoms with Crippen molar-refractivity contribution in [1.82, 2.24) is 0 Å². The van der Waals surface area contributed by atoms with Gasteiger partial charge < -0.3 is 0 Å². The molecule has 1 aliphatic rings. The second-order valence-corrected chi connectivity index (χ2v) is 11.5. The molecule has 0 aromatic rings. The second kappa shape index (κ2) is 3.09. The quantitative estimate of drug-likeness (QED) is 0.466. The van der Waals surface area contributed by atoms with E-state index < -0.39 is 8.07 Å². The number of rotatable bonds is 2. The van der Waals surface area contributed by atoms with Crippen LogP contribution in [0.5, 0.6) is 0 Å². The number of hydrogen-bond acceptors (Lipinski definition) is 0. The predicted octanol–water partition coefficient (Wildman–Crippen LogP) is 4.41. The molecule has 14 heavy (non-hydrogen) atoms. The summed E-state index contributed by atoms with van der Waals surface area (Å²) in [5.41, 5.74) is 0.571. The van der Waals surface area contributed by atoms with Gasteiger partial charge >= 0.3 is 0 Å². The van der Waals surface area contributed by atoms with Gasteiger partial charge in [-0.15, -0.1) is 6.58 Å². The fraction of sp³-hybridized carbons (Fsp3) is 0.692. The first-order chi connectivity index (χ1) is 6.11. The van der Waals surface area contributed by atoms with E-state index in [0.717, 1.165) is 0 Å². The van der Waals surface area contributed by atoms with E-state index in [1.807, 2.05) is 0 Å². The molecular weight excluding hydrogens is 184 g/mol. The van der Waals surface area contributed by atoms with Gasteiger partial charge in [0.2, 0.25) is 0 Å². The highest BCUT2D eigenvalue weighted by molar-refractivity contribution is 6.83. The van der Waals surface area contributed by atoms with Crippen LogP contribution in [0.2, 0.25) is 19.6 Å². The molecular formula is C13H24Si. The highest BCUT2D eigenvalue weighted by atomic mass is 28.3. The van der Waals surface area contributed by atoms with E-state index in [0.29, 0.717) is 0 Å². The van der Waals surface area contributed by atoms with Gasteiger partial charge in [-0.3, -0.25) is 0 Å². The van der Waals surface area contributed by atoms with Crippen LogP contribution < -0.4 is 0 Å². The van der Waals surface area contributed by atoms with Crippen molar-refractivity contribution in [2.75, 3.05) is 0 Å². The third kappa shape index (κ3) is 1.63. The fourth-order valence-electron chi connectivity index (χ4n) is 2.38. The van der Waals surface area contributed by atoms with Crippen molar-refractivity contribution >= 4 is 8.07 Å². The highest BCUT2D eigenvalue weighted by Gasteiger charge is 2.46. The summed E-state index contributed by atoms with van der Waals surface area (Å²) >= 11 is 0. The summed E-state index contributed by atoms with van der Waals surface area (Å²) in [5, 5.41) is 1.51. The Hall–Kier alpha value is -0.303. The summed E-state index contributed by atoms with van der Waals surface area (Å²) in [7, 11) is -1.22. The van der Waals surface area contributed by atoms with Crippen molar-refractivity contribution in [3.8, 4) is 0 Å². The van der Waals surface area contributed by atoms with E-state index in [-0.39, 0.29) is 10.8 Å². The molecule has 1 aliphatic carbocycles. The van der Waals surface area contributed by atoms with Gasteiger partial charge in [0.15, 0.2) is 0 Å². The summed E-state index contributed by atoms with van der Waals surface area (Å²) < 4.78 is 0. The van der Waals surface area contributed by atoms with Crippen LogP contribution in [-0.4, -0.2) is 8.07 Å². The zero-order valence-electron chi connectivity index (χ0n) is 10.6. The molecule has 0 radical (unpaired) electrons. The van der Waals surface area contributed by atoms with Gasteiger partial charge in [-0.1, -0.05) is 57.8 Å². The monoisotopic (exact) mass is 208 g/mol. The summed E-state index contributed by atoms with van der Waals surface area (Å²) in [5.74, 6) is 0. The first-order valence-electron chi connectivity index (χ1n) is 5.49. The molecule has 1 rings (SSSR count). The van der Waals surface area contributed by atoms with Gasteiger partial charge in [0.1, 0.15) is 0 Å². The molecule has 0 fully saturated rings. The summed E-state index contributed by atoms with van der Waals surface area (Å²) in [6, 6.07) is 0. The molecule has 0 aromatic heterocycles. The molecule has 1 heteroatoms. The molecule has 0 aromatic carbocycles. The maximum absolute atomic E-state index is 4.40. The molecule has 0 N–H and O–H groups in total. The fourth-order valence-corrected chi connectivity index (χ4v) is 4.46. The van der Waals surface area contributed by atoms with Crippen molar-refractivity contribution in [2.24, 2.45) is 10.8 Å². The van der Waals surface area contributed by atoms with Crippen LogP contribution in [0, 0.1) is 10.8 Å². The SMILES string of the molecule is C=C([C@]1(C)CC=CC1(C)C)[Si](C)(C)C. The van der Waals surface area contributed by atoms with Gasteiger partial charge in [-0.05, 0) is 17.3 Å². The number of hydrogen-bond donors (Lipinski definition) is 0. The Morgan fingerprint density at radius 1 is 1.21 bits per heavy atom. The maximum Gasteiger partial charge on any atom is 0.0724 e. The molecule has 0 nitrogen and oxygen atoms in total. The molecule has 0 saturated heterocycles. The smallest absolute Gasteiger partial charge is 0.0724 e. The minimum absolute atomic E-state index is 0.282. The van der Waals surface area contributed by atoms with Crippen LogP contribution in [0.4, 0.5) is 0 Å². The Morgan fingerprint density at radius 2 is 1.71 bits per heavy atom. The van der Waals surface area contributed by atoms with Gasteiger partial charge in [-0.2, -0.15) is 0 Å². The van der Waals surface area contributed by atoms with E-state index >= 15 is 0 Å². The van der Waals surface area contributed by atoms with Gasteiger partial charge in [0.05, 0.1) is 8.07 Å². The summed E-state index contributed by atoms with van der Waals surface area (Å²) in [6.45, 7) is 18.6. The third-order valence-electron chi connectivity index (χ3n) is 4.05. The lowest BCUT2D eigenvalue weighted by atomic mass is 9.69. The van der Waals surface area contributed by atoms with Crippen molar-refractivity contribution in [1.29, 1.82) is 0 Å². The van der Waals surface area contributed by atoms with E-state index in [1.54, 1.807) is 0 Å². The largest absolute Gasteiger partial charge is 0.103 e. The first kappa shape index (κ1) is 11.8. The van der Waals surface area contributed by atoms with Crippen LogP contribution in [-0.2, 0) is 0 Å². The first-order valence-corrected chi connectivity index (χ1v) is 8.99. The number of allylic oxidation sites excluding steroid dienone is 3. The summed E-state index contributed by atoms with van der Waals surface area (Å²) in [6.07, 6.45) is 5.85. The van der Waals surface area contributed by atoms with Gasteiger partial charge in [0, 0.05) is 0 Å². The topological polar surface area (TPSA) is 0 Å². The third-order valence-corrected chi connectivity index (χ3v) is 6.42. The highest BCUT2D eigenvalue weighted by Crippen LogP contribution is 2.54. The molecule has 0 aliphatic heterocycles. The lowest BCUT2D eigenvalue weighted by Crippen LogP contribution is -2.41. The standard InChI is InChI=1S/C13H24Si/c1-11(14(5,6)7)13(4)10-8-9-12(13,2)3/h8-9H,1,10H2,2-7H3/t13-/m0/s1. The summed E-state index contributed by atoms with van der Waals surface area (Å²) in [4.78, 5) is 0. The van der Waals surface area contributed by atoms with Crippen LogP contribution in [0.3, 0.4) is 0 Å². The minimum atomic E-state index is -1.22.